The first-order valence-corrected chi connectivity index (χ1v) is 6.08. The van der Waals surface area contributed by atoms with Gasteiger partial charge in [0.2, 0.25) is 0 Å². The first-order chi connectivity index (χ1) is 8.63. The van der Waals surface area contributed by atoms with Crippen molar-refractivity contribution in [3.8, 4) is 12.1 Å². The third-order valence-electron chi connectivity index (χ3n) is 2.29. The van der Waals surface area contributed by atoms with Crippen LogP contribution in [-0.4, -0.2) is 18.0 Å². The van der Waals surface area contributed by atoms with Crippen LogP contribution in [0.4, 0.5) is 11.4 Å². The van der Waals surface area contributed by atoms with Gasteiger partial charge in [-0.25, -0.2) is 0 Å². The summed E-state index contributed by atoms with van der Waals surface area (Å²) < 4.78 is 0. The molecule has 0 amide bonds. The molecule has 18 heavy (non-hydrogen) atoms. The average molecular weight is 309 g/mol. The Balaban J connectivity index is 3.15. The molecule has 0 unspecified atom stereocenters. The Hall–Kier alpha value is -2.12. The van der Waals surface area contributed by atoms with Crippen LogP contribution in [0.3, 0.4) is 0 Å². The van der Waals surface area contributed by atoms with Crippen molar-refractivity contribution >= 4 is 27.3 Å². The van der Waals surface area contributed by atoms with E-state index in [1.807, 2.05) is 12.1 Å². The fourth-order valence-corrected chi connectivity index (χ4v) is 1.91. The van der Waals surface area contributed by atoms with Gasteiger partial charge in [-0.05, 0) is 12.1 Å². The van der Waals surface area contributed by atoms with Crippen LogP contribution in [0.2, 0.25) is 0 Å². The van der Waals surface area contributed by atoms with Crippen LogP contribution in [0.1, 0.15) is 5.56 Å². The number of alkyl halides is 1. The molecule has 0 heterocycles. The van der Waals surface area contributed by atoms with E-state index in [2.05, 4.69) is 15.9 Å². The maximum absolute atomic E-state index is 10.8. The summed E-state index contributed by atoms with van der Waals surface area (Å²) in [5.41, 5.74) is 1.15. The highest BCUT2D eigenvalue weighted by molar-refractivity contribution is 9.08. The first kappa shape index (κ1) is 13.9. The van der Waals surface area contributed by atoms with Crippen molar-refractivity contribution in [1.29, 1.82) is 10.5 Å². The Morgan fingerprint density at radius 3 is 2.39 bits per heavy atom. The maximum atomic E-state index is 10.8. The highest BCUT2D eigenvalue weighted by Gasteiger charge is 2.15. The number of halogens is 1. The molecule has 0 radical (unpaired) electrons. The quantitative estimate of drug-likeness (QED) is 0.360. The SMILES string of the molecule is N#CCN(CC#N)c1ccc([N+](=O)[O-])c(CBr)c1. The molecule has 7 heteroatoms. The van der Waals surface area contributed by atoms with Gasteiger partial charge in [0.1, 0.15) is 13.1 Å². The summed E-state index contributed by atoms with van der Waals surface area (Å²) in [6, 6.07) is 8.45. The van der Waals surface area contributed by atoms with Crippen LogP contribution < -0.4 is 4.90 Å². The predicted octanol–water partition coefficient (Wildman–Crippen LogP) is 2.34. The molecule has 1 rings (SSSR count). The summed E-state index contributed by atoms with van der Waals surface area (Å²) in [4.78, 5) is 11.9. The van der Waals surface area contributed by atoms with Crippen molar-refractivity contribution in [1.82, 2.24) is 0 Å². The van der Waals surface area contributed by atoms with Gasteiger partial charge in [-0.15, -0.1) is 0 Å². The molecule has 1 aromatic carbocycles. The number of rotatable bonds is 5. The van der Waals surface area contributed by atoms with Crippen LogP contribution in [0.5, 0.6) is 0 Å². The van der Waals surface area contributed by atoms with Gasteiger partial charge < -0.3 is 4.90 Å². The third kappa shape index (κ3) is 3.19. The number of benzene rings is 1. The lowest BCUT2D eigenvalue weighted by molar-refractivity contribution is -0.385. The highest BCUT2D eigenvalue weighted by Crippen LogP contribution is 2.26. The Bertz CT molecular complexity index is 517. The summed E-state index contributed by atoms with van der Waals surface area (Å²) in [6.07, 6.45) is 0. The van der Waals surface area contributed by atoms with Crippen molar-refractivity contribution < 1.29 is 4.92 Å². The van der Waals surface area contributed by atoms with Crippen LogP contribution in [0.25, 0.3) is 0 Å². The predicted molar refractivity (Wildman–Crippen MR) is 69.2 cm³/mol. The van der Waals surface area contributed by atoms with Gasteiger partial charge in [-0.3, -0.25) is 10.1 Å². The van der Waals surface area contributed by atoms with Crippen LogP contribution in [-0.2, 0) is 5.33 Å². The van der Waals surface area contributed by atoms with Crippen LogP contribution >= 0.6 is 15.9 Å². The van der Waals surface area contributed by atoms with Crippen molar-refractivity contribution in [3.05, 3.63) is 33.9 Å². The van der Waals surface area contributed by atoms with Gasteiger partial charge in [0.15, 0.2) is 0 Å². The number of anilines is 1. The van der Waals surface area contributed by atoms with E-state index < -0.39 is 4.92 Å². The Morgan fingerprint density at radius 2 is 1.94 bits per heavy atom. The minimum atomic E-state index is -0.459. The summed E-state index contributed by atoms with van der Waals surface area (Å²) in [5.74, 6) is 0. The number of nitro benzene ring substituents is 1. The van der Waals surface area contributed by atoms with E-state index in [0.717, 1.165) is 0 Å². The molecule has 0 saturated carbocycles. The standard InChI is InChI=1S/C11H9BrN4O2/c12-8-9-7-10(1-2-11(9)16(17)18)15(5-3-13)6-4-14/h1-2,7H,5-6,8H2. The second-order valence-corrected chi connectivity index (χ2v) is 3.94. The van der Waals surface area contributed by atoms with Gasteiger partial charge in [0.25, 0.3) is 5.69 Å². The molecule has 0 aliphatic rings. The fraction of sp³-hybridized carbons (Fsp3) is 0.273. The van der Waals surface area contributed by atoms with E-state index in [1.54, 1.807) is 17.0 Å². The van der Waals surface area contributed by atoms with Gasteiger partial charge in [0.05, 0.1) is 17.1 Å². The molecule has 0 aliphatic carbocycles. The Labute approximate surface area is 112 Å². The van der Waals surface area contributed by atoms with Crippen LogP contribution in [0, 0.1) is 32.8 Å². The van der Waals surface area contributed by atoms with E-state index in [0.29, 0.717) is 16.6 Å². The number of hydrogen-bond donors (Lipinski definition) is 0. The molecule has 6 nitrogen and oxygen atoms in total. The highest BCUT2D eigenvalue weighted by atomic mass is 79.9. The minimum Gasteiger partial charge on any atom is -0.345 e. The maximum Gasteiger partial charge on any atom is 0.273 e. The number of hydrogen-bond acceptors (Lipinski definition) is 5. The second kappa shape index (κ2) is 6.58. The second-order valence-electron chi connectivity index (χ2n) is 3.38. The molecule has 1 aromatic rings. The molecular formula is C11H9BrN4O2. The van der Waals surface area contributed by atoms with Crippen molar-refractivity contribution in [2.24, 2.45) is 0 Å². The van der Waals surface area contributed by atoms with Crippen molar-refractivity contribution in [3.63, 3.8) is 0 Å². The molecule has 0 N–H and O–H groups in total. The van der Waals surface area contributed by atoms with Gasteiger partial charge >= 0.3 is 0 Å². The summed E-state index contributed by atoms with van der Waals surface area (Å²) in [6.45, 7) is 0.125. The lowest BCUT2D eigenvalue weighted by atomic mass is 10.1. The average Bonchev–Trinajstić information content (AvgIpc) is 2.37. The molecular weight excluding hydrogens is 300 g/mol. The van der Waals surface area contributed by atoms with Gasteiger partial charge in [0, 0.05) is 22.6 Å². The number of nitrogens with zero attached hydrogens (tertiary/aromatic N) is 4. The zero-order valence-electron chi connectivity index (χ0n) is 9.34. The fourth-order valence-electron chi connectivity index (χ4n) is 1.46. The van der Waals surface area contributed by atoms with Gasteiger partial charge in [-0.2, -0.15) is 10.5 Å². The topological polar surface area (TPSA) is 94.0 Å². The number of nitriles is 2. The zero-order chi connectivity index (χ0) is 13.5. The monoisotopic (exact) mass is 308 g/mol. The Morgan fingerprint density at radius 1 is 1.33 bits per heavy atom. The van der Waals surface area contributed by atoms with Crippen molar-refractivity contribution in [2.45, 2.75) is 5.33 Å². The van der Waals surface area contributed by atoms with E-state index in [9.17, 15) is 10.1 Å². The van der Waals surface area contributed by atoms with E-state index >= 15 is 0 Å². The summed E-state index contributed by atoms with van der Waals surface area (Å²) in [7, 11) is 0. The van der Waals surface area contributed by atoms with Crippen molar-refractivity contribution in [2.75, 3.05) is 18.0 Å². The molecule has 0 saturated heterocycles. The molecule has 92 valence electrons. The third-order valence-corrected chi connectivity index (χ3v) is 2.90. The molecule has 0 fully saturated rings. The van der Waals surface area contributed by atoms with E-state index in [1.165, 1.54) is 6.07 Å². The molecule has 0 spiro atoms. The number of nitro groups is 1. The summed E-state index contributed by atoms with van der Waals surface area (Å²) in [5, 5.41) is 28.5. The minimum absolute atomic E-state index is 0.0180. The lowest BCUT2D eigenvalue weighted by Gasteiger charge is -2.18. The normalized spacial score (nSPS) is 9.28. The molecule has 0 aromatic heterocycles. The lowest BCUT2D eigenvalue weighted by Crippen LogP contribution is -2.23. The molecule has 0 bridgehead atoms. The zero-order valence-corrected chi connectivity index (χ0v) is 10.9. The van der Waals surface area contributed by atoms with E-state index in [-0.39, 0.29) is 18.8 Å². The Kier molecular flexibility index (Phi) is 5.09. The summed E-state index contributed by atoms with van der Waals surface area (Å²) >= 11 is 3.18. The van der Waals surface area contributed by atoms with Gasteiger partial charge in [-0.1, -0.05) is 15.9 Å². The van der Waals surface area contributed by atoms with E-state index in [4.69, 9.17) is 10.5 Å². The largest absolute Gasteiger partial charge is 0.345 e. The van der Waals surface area contributed by atoms with Crippen LogP contribution in [0.15, 0.2) is 18.2 Å². The molecule has 0 atom stereocenters. The first-order valence-electron chi connectivity index (χ1n) is 4.96. The smallest absolute Gasteiger partial charge is 0.273 e. The molecule has 0 aliphatic heterocycles.